The molecule has 0 bridgehead atoms. The third-order valence-corrected chi connectivity index (χ3v) is 5.54. The van der Waals surface area contributed by atoms with Gasteiger partial charge in [0.05, 0.1) is 29.3 Å². The molecule has 0 saturated carbocycles. The van der Waals surface area contributed by atoms with Gasteiger partial charge >= 0.3 is 0 Å². The van der Waals surface area contributed by atoms with Crippen LogP contribution in [0.25, 0.3) is 5.76 Å². The van der Waals surface area contributed by atoms with Gasteiger partial charge < -0.3 is 14.7 Å². The highest BCUT2D eigenvalue weighted by molar-refractivity contribution is 6.46. The van der Waals surface area contributed by atoms with Crippen LogP contribution in [-0.2, 0) is 16.1 Å². The van der Waals surface area contributed by atoms with Crippen molar-refractivity contribution in [3.8, 4) is 5.75 Å². The third-order valence-electron chi connectivity index (χ3n) is 5.26. The van der Waals surface area contributed by atoms with Crippen molar-refractivity contribution in [2.24, 2.45) is 0 Å². The first-order valence-corrected chi connectivity index (χ1v) is 10.2. The van der Waals surface area contributed by atoms with Crippen molar-refractivity contribution >= 4 is 29.1 Å². The summed E-state index contributed by atoms with van der Waals surface area (Å²) < 4.78 is 5.38. The standard InChI is InChI=1S/C24H20ClN3O4/c1-14-9-17(23(32-2)18(25)10-14)21(29)19-20(16-6-4-8-27-12-16)28(24(31)22(19)30)13-15-5-3-7-26-11-15/h3-12,20,29H,13H2,1-2H3/b21-19+. The van der Waals surface area contributed by atoms with Gasteiger partial charge in [-0.2, -0.15) is 0 Å². The number of amides is 1. The van der Waals surface area contributed by atoms with E-state index in [0.717, 1.165) is 11.1 Å². The molecule has 8 heteroatoms. The lowest BCUT2D eigenvalue weighted by Crippen LogP contribution is -2.29. The number of benzene rings is 1. The summed E-state index contributed by atoms with van der Waals surface area (Å²) in [6, 6.07) is 9.55. The first-order valence-electron chi connectivity index (χ1n) is 9.84. The highest BCUT2D eigenvalue weighted by Gasteiger charge is 2.46. The maximum Gasteiger partial charge on any atom is 0.295 e. The number of aliphatic hydroxyl groups excluding tert-OH is 1. The lowest BCUT2D eigenvalue weighted by Gasteiger charge is -2.25. The molecule has 162 valence electrons. The second-order valence-corrected chi connectivity index (χ2v) is 7.81. The number of ether oxygens (including phenoxy) is 1. The molecule has 1 aliphatic rings. The Morgan fingerprint density at radius 3 is 2.50 bits per heavy atom. The van der Waals surface area contributed by atoms with Gasteiger partial charge in [-0.3, -0.25) is 19.6 Å². The van der Waals surface area contributed by atoms with Crippen LogP contribution in [0.2, 0.25) is 5.02 Å². The fourth-order valence-corrected chi connectivity index (χ4v) is 4.22. The number of Topliss-reactive ketones (excluding diaryl/α,β-unsaturated/α-hetero) is 1. The van der Waals surface area contributed by atoms with Crippen LogP contribution < -0.4 is 4.74 Å². The van der Waals surface area contributed by atoms with Crippen molar-refractivity contribution in [2.45, 2.75) is 19.5 Å². The van der Waals surface area contributed by atoms with E-state index in [-0.39, 0.29) is 34.2 Å². The number of methoxy groups -OCH3 is 1. The molecule has 1 aliphatic heterocycles. The zero-order valence-electron chi connectivity index (χ0n) is 17.4. The Hall–Kier alpha value is -3.71. The van der Waals surface area contributed by atoms with Gasteiger partial charge in [0.15, 0.2) is 0 Å². The first kappa shape index (κ1) is 21.5. The van der Waals surface area contributed by atoms with Gasteiger partial charge in [-0.05, 0) is 47.9 Å². The molecule has 32 heavy (non-hydrogen) atoms. The number of rotatable bonds is 5. The molecule has 1 atom stereocenters. The van der Waals surface area contributed by atoms with Gasteiger partial charge in [0.25, 0.3) is 11.7 Å². The number of aromatic nitrogens is 2. The van der Waals surface area contributed by atoms with E-state index in [1.54, 1.807) is 55.1 Å². The Kier molecular flexibility index (Phi) is 5.92. The molecule has 1 fully saturated rings. The van der Waals surface area contributed by atoms with Crippen molar-refractivity contribution in [3.63, 3.8) is 0 Å². The number of nitrogens with zero attached hydrogens (tertiary/aromatic N) is 3. The molecule has 0 aliphatic carbocycles. The zero-order chi connectivity index (χ0) is 22.8. The van der Waals surface area contributed by atoms with Crippen LogP contribution in [-0.4, -0.2) is 38.8 Å². The van der Waals surface area contributed by atoms with Crippen LogP contribution in [0.3, 0.4) is 0 Å². The van der Waals surface area contributed by atoms with Crippen LogP contribution in [0, 0.1) is 6.92 Å². The monoisotopic (exact) mass is 449 g/mol. The molecule has 3 heterocycles. The average molecular weight is 450 g/mol. The molecule has 1 N–H and O–H groups in total. The van der Waals surface area contributed by atoms with Gasteiger partial charge in [-0.1, -0.05) is 23.7 Å². The van der Waals surface area contributed by atoms with Crippen molar-refractivity contribution in [1.82, 2.24) is 14.9 Å². The minimum atomic E-state index is -0.840. The smallest absolute Gasteiger partial charge is 0.295 e. The maximum atomic E-state index is 13.2. The normalized spacial score (nSPS) is 17.6. The Morgan fingerprint density at radius 2 is 1.88 bits per heavy atom. The van der Waals surface area contributed by atoms with Crippen molar-refractivity contribution in [2.75, 3.05) is 7.11 Å². The van der Waals surface area contributed by atoms with E-state index in [0.29, 0.717) is 5.56 Å². The van der Waals surface area contributed by atoms with Crippen LogP contribution in [0.15, 0.2) is 66.8 Å². The topological polar surface area (TPSA) is 92.6 Å². The molecule has 2 aromatic heterocycles. The van der Waals surface area contributed by atoms with E-state index in [4.69, 9.17) is 16.3 Å². The zero-order valence-corrected chi connectivity index (χ0v) is 18.2. The highest BCUT2D eigenvalue weighted by atomic mass is 35.5. The molecular formula is C24H20ClN3O4. The summed E-state index contributed by atoms with van der Waals surface area (Å²) in [5, 5.41) is 11.6. The average Bonchev–Trinajstić information content (AvgIpc) is 3.04. The molecule has 3 aromatic rings. The number of carbonyl (C=O) groups is 2. The summed E-state index contributed by atoms with van der Waals surface area (Å²) in [6.45, 7) is 1.95. The maximum absolute atomic E-state index is 13.2. The van der Waals surface area contributed by atoms with Crippen molar-refractivity contribution in [1.29, 1.82) is 0 Å². The summed E-state index contributed by atoms with van der Waals surface area (Å²) in [6.07, 6.45) is 6.42. The van der Waals surface area contributed by atoms with E-state index in [1.165, 1.54) is 12.0 Å². The number of carbonyl (C=O) groups excluding carboxylic acids is 2. The van der Waals surface area contributed by atoms with E-state index in [9.17, 15) is 14.7 Å². The fraction of sp³-hybridized carbons (Fsp3) is 0.167. The number of pyridine rings is 2. The lowest BCUT2D eigenvalue weighted by atomic mass is 9.95. The predicted molar refractivity (Wildman–Crippen MR) is 119 cm³/mol. The van der Waals surface area contributed by atoms with Gasteiger partial charge in [0.1, 0.15) is 11.5 Å². The molecule has 1 aromatic carbocycles. The summed E-state index contributed by atoms with van der Waals surface area (Å²) in [5.74, 6) is -1.65. The Labute approximate surface area is 190 Å². The number of hydrogen-bond donors (Lipinski definition) is 1. The van der Waals surface area contributed by atoms with Gasteiger partial charge in [0.2, 0.25) is 0 Å². The quantitative estimate of drug-likeness (QED) is 0.358. The Bertz CT molecular complexity index is 1210. The van der Waals surface area contributed by atoms with Crippen LogP contribution in [0.5, 0.6) is 5.75 Å². The second-order valence-electron chi connectivity index (χ2n) is 7.40. The molecule has 1 unspecified atom stereocenters. The predicted octanol–water partition coefficient (Wildman–Crippen LogP) is 4.07. The number of aryl methyl sites for hydroxylation is 1. The minimum absolute atomic E-state index is 0.0492. The van der Waals surface area contributed by atoms with Gasteiger partial charge in [-0.25, -0.2) is 0 Å². The Morgan fingerprint density at radius 1 is 1.16 bits per heavy atom. The minimum Gasteiger partial charge on any atom is -0.507 e. The van der Waals surface area contributed by atoms with Gasteiger partial charge in [-0.15, -0.1) is 0 Å². The molecule has 1 saturated heterocycles. The van der Waals surface area contributed by atoms with Crippen LogP contribution in [0.1, 0.15) is 28.3 Å². The number of halogens is 1. The van der Waals surface area contributed by atoms with Crippen molar-refractivity contribution in [3.05, 3.63) is 94.0 Å². The molecule has 7 nitrogen and oxygen atoms in total. The number of likely N-dealkylation sites (tertiary alicyclic amines) is 1. The summed E-state index contributed by atoms with van der Waals surface area (Å²) in [7, 11) is 1.42. The summed E-state index contributed by atoms with van der Waals surface area (Å²) in [4.78, 5) is 35.8. The molecule has 0 radical (unpaired) electrons. The SMILES string of the molecule is COc1c(Cl)cc(C)cc1/C(O)=C1\C(=O)C(=O)N(Cc2cccnc2)C1c1cccnc1. The fourth-order valence-electron chi connectivity index (χ4n) is 3.87. The molecule has 0 spiro atoms. The molecular weight excluding hydrogens is 430 g/mol. The largest absolute Gasteiger partial charge is 0.507 e. The number of hydrogen-bond acceptors (Lipinski definition) is 6. The van der Waals surface area contributed by atoms with Crippen LogP contribution in [0.4, 0.5) is 0 Å². The molecule has 4 rings (SSSR count). The molecule has 1 amide bonds. The number of ketones is 1. The van der Waals surface area contributed by atoms with E-state index in [2.05, 4.69) is 9.97 Å². The van der Waals surface area contributed by atoms with Crippen molar-refractivity contribution < 1.29 is 19.4 Å². The summed E-state index contributed by atoms with van der Waals surface area (Å²) in [5.41, 5.74) is 2.30. The first-order chi connectivity index (χ1) is 15.4. The van der Waals surface area contributed by atoms with Gasteiger partial charge in [0, 0.05) is 31.3 Å². The van der Waals surface area contributed by atoms with Crippen LogP contribution >= 0.6 is 11.6 Å². The third kappa shape index (κ3) is 3.83. The lowest BCUT2D eigenvalue weighted by molar-refractivity contribution is -0.140. The Balaban J connectivity index is 1.92. The second kappa shape index (κ2) is 8.80. The van der Waals surface area contributed by atoms with E-state index in [1.807, 2.05) is 13.0 Å². The summed E-state index contributed by atoms with van der Waals surface area (Å²) >= 11 is 6.30. The van der Waals surface area contributed by atoms with E-state index >= 15 is 0 Å². The highest BCUT2D eigenvalue weighted by Crippen LogP contribution is 2.43. The number of aliphatic hydroxyl groups is 1. The van der Waals surface area contributed by atoms with E-state index < -0.39 is 17.7 Å².